The standard InChI is InChI=1S/C52H59N2O9/c1-5-34-10-11-35-7-6-8-36(18-20-55)48(35)42(34)27-43-37(12-15-45(58)50(43)63-4)25-38(21-32-17-19-54-30-32)49(60)41-13-16-47(59)52(51(41)61,28-31-9-14-44(57)46(24-31)62-3)39-22-33(29-53-2)23-40(56)26-39/h6-12,14-15,17,19,22-24,26,30,38,41,47,49,53,55-60H,5,13,16,18,20-21,25,27-29H2,1-4H3/q-1/t38-,41+,47-,49-,52-/m0/s1. The molecule has 0 spiro atoms. The maximum absolute atomic E-state index is 15.6. The number of rotatable bonds is 18. The molecule has 7 rings (SSSR count). The number of phenols is 3. The molecule has 5 atom stereocenters. The highest BCUT2D eigenvalue weighted by atomic mass is 16.5. The van der Waals surface area contributed by atoms with Crippen molar-refractivity contribution in [2.24, 2.45) is 11.8 Å². The zero-order chi connectivity index (χ0) is 44.8. The number of carbonyl (C=O) groups excluding carboxylic acids is 1. The summed E-state index contributed by atoms with van der Waals surface area (Å²) in [5.41, 5.74) is 5.87. The molecule has 0 radical (unpaired) electrons. The van der Waals surface area contributed by atoms with Crippen LogP contribution in [-0.2, 0) is 55.3 Å². The van der Waals surface area contributed by atoms with Crippen molar-refractivity contribution in [1.82, 2.24) is 10.3 Å². The zero-order valence-corrected chi connectivity index (χ0v) is 36.5. The molecular weight excluding hydrogens is 797 g/mol. The number of nitrogens with one attached hydrogen (secondary N) is 1. The number of aryl methyl sites for hydroxylation is 1. The monoisotopic (exact) mass is 855 g/mol. The number of methoxy groups -OCH3 is 2. The Morgan fingerprint density at radius 2 is 1.63 bits per heavy atom. The Morgan fingerprint density at radius 3 is 2.35 bits per heavy atom. The first-order valence-corrected chi connectivity index (χ1v) is 21.8. The molecule has 5 aromatic carbocycles. The molecule has 0 aliphatic heterocycles. The lowest BCUT2D eigenvalue weighted by atomic mass is 9.58. The van der Waals surface area contributed by atoms with Crippen LogP contribution in [0.4, 0.5) is 0 Å². The van der Waals surface area contributed by atoms with Gasteiger partial charge in [0.25, 0.3) is 0 Å². The molecule has 7 N–H and O–H groups in total. The van der Waals surface area contributed by atoms with Crippen LogP contribution in [0.1, 0.15) is 69.8 Å². The molecule has 1 heterocycles. The van der Waals surface area contributed by atoms with Gasteiger partial charge in [0, 0.05) is 31.1 Å². The van der Waals surface area contributed by atoms with Crippen molar-refractivity contribution in [3.05, 3.63) is 147 Å². The average molecular weight is 856 g/mol. The van der Waals surface area contributed by atoms with E-state index >= 15 is 4.79 Å². The second-order valence-corrected chi connectivity index (χ2v) is 16.9. The number of carbonyl (C=O) groups is 1. The van der Waals surface area contributed by atoms with E-state index < -0.39 is 29.5 Å². The highest BCUT2D eigenvalue weighted by Crippen LogP contribution is 2.47. The topological polar surface area (TPSA) is 183 Å². The molecule has 0 unspecified atom stereocenters. The van der Waals surface area contributed by atoms with Crippen molar-refractivity contribution in [2.75, 3.05) is 27.9 Å². The van der Waals surface area contributed by atoms with Crippen molar-refractivity contribution in [3.8, 4) is 28.7 Å². The van der Waals surface area contributed by atoms with Gasteiger partial charge < -0.3 is 50.4 Å². The fourth-order valence-corrected chi connectivity index (χ4v) is 10.1. The Bertz CT molecular complexity index is 2540. The molecule has 1 fully saturated rings. The van der Waals surface area contributed by atoms with Crippen molar-refractivity contribution < 1.29 is 44.9 Å². The predicted octanol–water partition coefficient (Wildman–Crippen LogP) is 6.62. The summed E-state index contributed by atoms with van der Waals surface area (Å²) in [5.74, 6) is -1.41. The fraction of sp³-hybridized carbons (Fsp3) is 0.365. The van der Waals surface area contributed by atoms with Gasteiger partial charge in [-0.1, -0.05) is 67.1 Å². The van der Waals surface area contributed by atoms with Crippen molar-refractivity contribution in [3.63, 3.8) is 0 Å². The number of hydrogen-bond donors (Lipinski definition) is 7. The molecular formula is C52H59N2O9-. The van der Waals surface area contributed by atoms with E-state index in [9.17, 15) is 30.6 Å². The van der Waals surface area contributed by atoms with Gasteiger partial charge in [-0.25, -0.2) is 0 Å². The number of nitrogens with zero attached hydrogens (tertiary/aromatic N) is 1. The second kappa shape index (κ2) is 19.7. The number of ether oxygens (including phenoxy) is 2. The first-order valence-electron chi connectivity index (χ1n) is 21.8. The van der Waals surface area contributed by atoms with Gasteiger partial charge in [-0.05, 0) is 138 Å². The molecule has 11 heteroatoms. The summed E-state index contributed by atoms with van der Waals surface area (Å²) in [6, 6.07) is 25.5. The quantitative estimate of drug-likeness (QED) is 0.0494. The number of aliphatic hydroxyl groups excluding tert-OH is 3. The SMILES string of the molecule is CCc1ccc2cccc(CCO)c2c1Cc1c(C[C@H](Cc2cc[n-]c2)[C@H](O)[C@H]2CC[C@H](O)[C@](Cc3ccc(O)c(OC)c3)(c3cc(O)cc(CNC)c3)C2=O)ccc(O)c1OC. The minimum absolute atomic E-state index is 0.00433. The number of fused-ring (bicyclic) bond motifs is 1. The normalized spacial score (nSPS) is 18.7. The van der Waals surface area contributed by atoms with E-state index in [0.717, 1.165) is 50.6 Å². The molecule has 1 saturated carbocycles. The van der Waals surface area contributed by atoms with E-state index in [1.165, 1.54) is 26.4 Å². The molecule has 6 aromatic rings. The Balaban J connectivity index is 1.34. The number of benzene rings is 5. The van der Waals surface area contributed by atoms with Crippen LogP contribution < -0.4 is 19.8 Å². The summed E-state index contributed by atoms with van der Waals surface area (Å²) in [7, 11) is 4.76. The maximum Gasteiger partial charge on any atom is 0.164 e. The van der Waals surface area contributed by atoms with Gasteiger partial charge in [-0.15, -0.1) is 0 Å². The van der Waals surface area contributed by atoms with Crippen LogP contribution in [0.5, 0.6) is 28.7 Å². The number of ketones is 1. The molecule has 0 saturated heterocycles. The number of Topliss-reactive ketones (excluding diaryl/α,β-unsaturated/α-hetero) is 1. The third kappa shape index (κ3) is 9.15. The minimum atomic E-state index is -1.59. The summed E-state index contributed by atoms with van der Waals surface area (Å²) in [5, 5.41) is 73.1. The van der Waals surface area contributed by atoms with Crippen LogP contribution >= 0.6 is 0 Å². The van der Waals surface area contributed by atoms with Gasteiger partial charge in [0.15, 0.2) is 28.8 Å². The molecule has 332 valence electrons. The molecule has 1 aromatic heterocycles. The Kier molecular flexibility index (Phi) is 14.1. The molecule has 63 heavy (non-hydrogen) atoms. The van der Waals surface area contributed by atoms with Crippen LogP contribution in [0.15, 0.2) is 97.3 Å². The lowest BCUT2D eigenvalue weighted by Gasteiger charge is -2.46. The number of phenolic OH excluding ortho intramolecular Hbond substituents is 3. The summed E-state index contributed by atoms with van der Waals surface area (Å²) in [6.45, 7) is 2.50. The van der Waals surface area contributed by atoms with E-state index in [-0.39, 0.29) is 54.7 Å². The second-order valence-electron chi connectivity index (χ2n) is 16.9. The van der Waals surface area contributed by atoms with Crippen molar-refractivity contribution in [2.45, 2.75) is 82.5 Å². The van der Waals surface area contributed by atoms with Crippen LogP contribution in [0.25, 0.3) is 10.8 Å². The van der Waals surface area contributed by atoms with E-state index in [0.29, 0.717) is 54.7 Å². The van der Waals surface area contributed by atoms with Gasteiger partial charge in [0.05, 0.1) is 31.8 Å². The molecule has 11 nitrogen and oxygen atoms in total. The summed E-state index contributed by atoms with van der Waals surface area (Å²) < 4.78 is 11.4. The molecule has 0 bridgehead atoms. The van der Waals surface area contributed by atoms with Crippen LogP contribution in [0.2, 0.25) is 0 Å². The Labute approximate surface area is 369 Å². The maximum atomic E-state index is 15.6. The summed E-state index contributed by atoms with van der Waals surface area (Å²) in [6.07, 6.45) is 3.83. The van der Waals surface area contributed by atoms with Crippen LogP contribution in [-0.4, -0.2) is 76.5 Å². The summed E-state index contributed by atoms with van der Waals surface area (Å²) in [4.78, 5) is 19.9. The predicted molar refractivity (Wildman–Crippen MR) is 243 cm³/mol. The number of hydrogen-bond acceptors (Lipinski definition) is 10. The lowest BCUT2D eigenvalue weighted by molar-refractivity contribution is -0.144. The lowest BCUT2D eigenvalue weighted by Crippen LogP contribution is -2.57. The van der Waals surface area contributed by atoms with Crippen molar-refractivity contribution in [1.29, 1.82) is 0 Å². The fourth-order valence-electron chi connectivity index (χ4n) is 10.1. The third-order valence-electron chi connectivity index (χ3n) is 13.2. The largest absolute Gasteiger partial charge is 0.670 e. The van der Waals surface area contributed by atoms with Gasteiger partial charge in [0.1, 0.15) is 5.75 Å². The van der Waals surface area contributed by atoms with E-state index in [1.807, 2.05) is 30.3 Å². The third-order valence-corrected chi connectivity index (χ3v) is 13.2. The molecule has 1 aliphatic carbocycles. The zero-order valence-electron chi connectivity index (χ0n) is 36.5. The van der Waals surface area contributed by atoms with Gasteiger partial charge >= 0.3 is 0 Å². The first kappa shape index (κ1) is 45.2. The van der Waals surface area contributed by atoms with Gasteiger partial charge in [-0.3, -0.25) is 4.79 Å². The highest BCUT2D eigenvalue weighted by molar-refractivity contribution is 5.95. The van der Waals surface area contributed by atoms with E-state index in [2.05, 4.69) is 35.4 Å². The highest BCUT2D eigenvalue weighted by Gasteiger charge is 2.54. The number of aliphatic hydroxyl groups is 3. The van der Waals surface area contributed by atoms with Crippen molar-refractivity contribution >= 4 is 16.6 Å². The van der Waals surface area contributed by atoms with Crippen LogP contribution in [0.3, 0.4) is 0 Å². The Hall–Kier alpha value is -5.85. The van der Waals surface area contributed by atoms with Gasteiger partial charge in [0.2, 0.25) is 0 Å². The average Bonchev–Trinajstić information content (AvgIpc) is 3.79. The minimum Gasteiger partial charge on any atom is -0.670 e. The first-order chi connectivity index (χ1) is 30.4. The molecule has 1 aliphatic rings. The van der Waals surface area contributed by atoms with Gasteiger partial charge in [-0.2, -0.15) is 12.4 Å². The van der Waals surface area contributed by atoms with E-state index in [4.69, 9.17) is 9.47 Å². The number of aromatic nitrogens is 1. The summed E-state index contributed by atoms with van der Waals surface area (Å²) >= 11 is 0. The molecule has 0 amide bonds. The van der Waals surface area contributed by atoms with Crippen LogP contribution in [0, 0.1) is 11.8 Å². The smallest absolute Gasteiger partial charge is 0.164 e. The Morgan fingerprint density at radius 1 is 0.841 bits per heavy atom. The van der Waals surface area contributed by atoms with E-state index in [1.54, 1.807) is 43.7 Å². The number of aromatic hydroxyl groups is 3.